The molecule has 0 aliphatic rings. The van der Waals surface area contributed by atoms with Gasteiger partial charge in [0, 0.05) is 5.39 Å². The molecule has 0 amide bonds. The second kappa shape index (κ2) is 7.38. The van der Waals surface area contributed by atoms with Gasteiger partial charge in [-0.1, -0.05) is 42.5 Å². The van der Waals surface area contributed by atoms with Crippen LogP contribution in [-0.2, 0) is 6.42 Å². The first-order valence-corrected chi connectivity index (χ1v) is 8.75. The van der Waals surface area contributed by atoms with Crippen molar-refractivity contribution in [1.29, 1.82) is 0 Å². The summed E-state index contributed by atoms with van der Waals surface area (Å²) in [7, 11) is 0. The predicted molar refractivity (Wildman–Crippen MR) is 96.3 cm³/mol. The van der Waals surface area contributed by atoms with Crippen molar-refractivity contribution >= 4 is 22.7 Å². The Balaban J connectivity index is 1.60. The van der Waals surface area contributed by atoms with Crippen LogP contribution in [0.3, 0.4) is 0 Å². The quantitative estimate of drug-likeness (QED) is 0.523. The Morgan fingerprint density at radius 1 is 0.957 bits per heavy atom. The Labute approximate surface area is 139 Å². The number of aromatic amines is 1. The molecule has 2 N–H and O–H groups in total. The van der Waals surface area contributed by atoms with Crippen molar-refractivity contribution in [2.24, 2.45) is 0 Å². The molecule has 1 heterocycles. The number of benzene rings is 2. The zero-order valence-corrected chi connectivity index (χ0v) is 13.6. The maximum Gasteiger partial charge on any atom is 0.265 e. The number of hydrogen-bond acceptors (Lipinski definition) is 3. The van der Waals surface area contributed by atoms with Crippen molar-refractivity contribution in [3.05, 3.63) is 70.5 Å². The summed E-state index contributed by atoms with van der Waals surface area (Å²) in [6, 6.07) is 17.7. The lowest BCUT2D eigenvalue weighted by molar-refractivity contribution is 0.467. The smallest absolute Gasteiger partial charge is 0.265 e. The van der Waals surface area contributed by atoms with E-state index in [1.807, 2.05) is 24.3 Å². The Hall–Kier alpha value is -2.20. The van der Waals surface area contributed by atoms with E-state index in [0.29, 0.717) is 15.8 Å². The third kappa shape index (κ3) is 3.77. The standard InChI is InChI=1S/C19H19NO2S/c21-17-15-11-4-5-12-16(15)20-19(22)18(17)23-13-7-6-10-14-8-2-1-3-9-14/h1-5,8-9,11-12H,6-7,10,13H2,(H2,20,21,22). The molecule has 3 aromatic rings. The minimum absolute atomic E-state index is 0.0948. The van der Waals surface area contributed by atoms with Gasteiger partial charge >= 0.3 is 0 Å². The van der Waals surface area contributed by atoms with Crippen LogP contribution in [0.5, 0.6) is 5.75 Å². The van der Waals surface area contributed by atoms with E-state index in [1.54, 1.807) is 6.07 Å². The molecule has 0 unspecified atom stereocenters. The van der Waals surface area contributed by atoms with Gasteiger partial charge in [-0.15, -0.1) is 11.8 Å². The molecule has 0 radical (unpaired) electrons. The summed E-state index contributed by atoms with van der Waals surface area (Å²) in [5.74, 6) is 0.916. The van der Waals surface area contributed by atoms with Gasteiger partial charge < -0.3 is 10.1 Å². The third-order valence-corrected chi connectivity index (χ3v) is 4.96. The largest absolute Gasteiger partial charge is 0.506 e. The topological polar surface area (TPSA) is 53.1 Å². The van der Waals surface area contributed by atoms with Crippen molar-refractivity contribution in [3.63, 3.8) is 0 Å². The second-order valence-corrected chi connectivity index (χ2v) is 6.57. The lowest BCUT2D eigenvalue weighted by Gasteiger charge is -2.07. The van der Waals surface area contributed by atoms with Gasteiger partial charge in [0.05, 0.1) is 5.52 Å². The summed E-state index contributed by atoms with van der Waals surface area (Å²) in [4.78, 5) is 15.4. The Kier molecular flexibility index (Phi) is 5.03. The Morgan fingerprint density at radius 2 is 1.70 bits per heavy atom. The fourth-order valence-electron chi connectivity index (χ4n) is 2.59. The van der Waals surface area contributed by atoms with E-state index in [9.17, 15) is 9.90 Å². The molecule has 23 heavy (non-hydrogen) atoms. The molecule has 0 spiro atoms. The molecule has 0 aliphatic carbocycles. The fourth-order valence-corrected chi connectivity index (χ4v) is 3.57. The molecule has 3 nitrogen and oxygen atoms in total. The zero-order valence-electron chi connectivity index (χ0n) is 12.8. The number of hydrogen-bond donors (Lipinski definition) is 2. The summed E-state index contributed by atoms with van der Waals surface area (Å²) >= 11 is 1.43. The number of pyridine rings is 1. The molecule has 2 aromatic carbocycles. The van der Waals surface area contributed by atoms with Crippen LogP contribution in [0.25, 0.3) is 10.9 Å². The molecule has 0 saturated heterocycles. The van der Waals surface area contributed by atoms with E-state index in [2.05, 4.69) is 29.2 Å². The van der Waals surface area contributed by atoms with E-state index >= 15 is 0 Å². The van der Waals surface area contributed by atoms with Crippen LogP contribution in [0, 0.1) is 0 Å². The average Bonchev–Trinajstić information content (AvgIpc) is 2.58. The van der Waals surface area contributed by atoms with Gasteiger partial charge in [0.1, 0.15) is 10.6 Å². The Morgan fingerprint density at radius 3 is 2.52 bits per heavy atom. The average molecular weight is 325 g/mol. The van der Waals surface area contributed by atoms with Crippen molar-refractivity contribution in [2.45, 2.75) is 24.2 Å². The maximum absolute atomic E-state index is 12.1. The van der Waals surface area contributed by atoms with Gasteiger partial charge in [-0.05, 0) is 42.7 Å². The number of unbranched alkanes of at least 4 members (excludes halogenated alkanes) is 1. The normalized spacial score (nSPS) is 11.0. The molecule has 3 rings (SSSR count). The van der Waals surface area contributed by atoms with Gasteiger partial charge in [-0.2, -0.15) is 0 Å². The van der Waals surface area contributed by atoms with E-state index < -0.39 is 0 Å². The molecule has 4 heteroatoms. The number of rotatable bonds is 6. The van der Waals surface area contributed by atoms with Gasteiger partial charge in [0.2, 0.25) is 0 Å². The number of thioether (sulfide) groups is 1. The first-order valence-electron chi connectivity index (χ1n) is 7.76. The number of aryl methyl sites for hydroxylation is 1. The number of para-hydroxylation sites is 1. The van der Waals surface area contributed by atoms with Gasteiger partial charge in [-0.25, -0.2) is 0 Å². The van der Waals surface area contributed by atoms with Crippen LogP contribution >= 0.6 is 11.8 Å². The molecule has 118 valence electrons. The number of aromatic nitrogens is 1. The summed E-state index contributed by atoms with van der Waals surface area (Å²) in [5, 5.41) is 11.0. The lowest BCUT2D eigenvalue weighted by Crippen LogP contribution is -2.08. The fraction of sp³-hybridized carbons (Fsp3) is 0.211. The van der Waals surface area contributed by atoms with Crippen LogP contribution in [0.1, 0.15) is 18.4 Å². The highest BCUT2D eigenvalue weighted by atomic mass is 32.2. The van der Waals surface area contributed by atoms with Crippen molar-refractivity contribution in [1.82, 2.24) is 4.98 Å². The highest BCUT2D eigenvalue weighted by molar-refractivity contribution is 7.99. The molecule has 0 aliphatic heterocycles. The molecule has 0 fully saturated rings. The summed E-state index contributed by atoms with van der Waals surface area (Å²) in [5.41, 5.74) is 1.79. The van der Waals surface area contributed by atoms with E-state index in [-0.39, 0.29) is 11.3 Å². The lowest BCUT2D eigenvalue weighted by atomic mass is 10.1. The third-order valence-electron chi connectivity index (χ3n) is 3.80. The van der Waals surface area contributed by atoms with Crippen LogP contribution in [-0.4, -0.2) is 15.8 Å². The number of aromatic hydroxyl groups is 1. The SMILES string of the molecule is O=c1[nH]c2ccccc2c(O)c1SCCCCc1ccccc1. The minimum atomic E-state index is -0.214. The summed E-state index contributed by atoms with van der Waals surface area (Å²) < 4.78 is 0. The van der Waals surface area contributed by atoms with Crippen molar-refractivity contribution < 1.29 is 5.11 Å². The zero-order chi connectivity index (χ0) is 16.1. The first kappa shape index (κ1) is 15.7. The number of H-pyrrole nitrogens is 1. The van der Waals surface area contributed by atoms with Crippen LogP contribution in [0.2, 0.25) is 0 Å². The number of nitrogens with one attached hydrogen (secondary N) is 1. The molecule has 0 saturated carbocycles. The second-order valence-electron chi connectivity index (χ2n) is 5.47. The van der Waals surface area contributed by atoms with E-state index in [0.717, 1.165) is 25.0 Å². The molecule has 0 atom stereocenters. The van der Waals surface area contributed by atoms with Crippen molar-refractivity contribution in [2.75, 3.05) is 5.75 Å². The van der Waals surface area contributed by atoms with Gasteiger partial charge in [-0.3, -0.25) is 4.79 Å². The van der Waals surface area contributed by atoms with E-state index in [4.69, 9.17) is 0 Å². The number of fused-ring (bicyclic) bond motifs is 1. The van der Waals surface area contributed by atoms with E-state index in [1.165, 1.54) is 17.3 Å². The van der Waals surface area contributed by atoms with Gasteiger partial charge in [0.15, 0.2) is 0 Å². The van der Waals surface area contributed by atoms with Crippen molar-refractivity contribution in [3.8, 4) is 5.75 Å². The molecule has 1 aromatic heterocycles. The van der Waals surface area contributed by atoms with Gasteiger partial charge in [0.25, 0.3) is 5.56 Å². The predicted octanol–water partition coefficient (Wildman–Crippen LogP) is 4.35. The highest BCUT2D eigenvalue weighted by Gasteiger charge is 2.11. The van der Waals surface area contributed by atoms with Crippen LogP contribution < -0.4 is 5.56 Å². The Bertz CT molecular complexity index is 843. The molecule has 0 bridgehead atoms. The molecular weight excluding hydrogens is 306 g/mol. The minimum Gasteiger partial charge on any atom is -0.506 e. The summed E-state index contributed by atoms with van der Waals surface area (Å²) in [6.07, 6.45) is 3.12. The molecular formula is C19H19NO2S. The van der Waals surface area contributed by atoms with Crippen LogP contribution in [0.4, 0.5) is 0 Å². The van der Waals surface area contributed by atoms with Crippen LogP contribution in [0.15, 0.2) is 64.3 Å². The maximum atomic E-state index is 12.1. The first-order chi connectivity index (χ1) is 11.3. The summed E-state index contributed by atoms with van der Waals surface area (Å²) in [6.45, 7) is 0. The highest BCUT2D eigenvalue weighted by Crippen LogP contribution is 2.31. The monoisotopic (exact) mass is 325 g/mol.